The second-order valence-corrected chi connectivity index (χ2v) is 3.43. The fourth-order valence-corrected chi connectivity index (χ4v) is 1.56. The van der Waals surface area contributed by atoms with Gasteiger partial charge in [0.25, 0.3) is 0 Å². The summed E-state index contributed by atoms with van der Waals surface area (Å²) in [6, 6.07) is 5.71. The summed E-state index contributed by atoms with van der Waals surface area (Å²) in [5.41, 5.74) is 1.02. The Labute approximate surface area is 96.4 Å². The van der Waals surface area contributed by atoms with Gasteiger partial charge in [-0.3, -0.25) is 4.39 Å². The van der Waals surface area contributed by atoms with Crippen molar-refractivity contribution in [3.8, 4) is 11.5 Å². The van der Waals surface area contributed by atoms with Gasteiger partial charge in [0.1, 0.15) is 11.5 Å². The quantitative estimate of drug-likeness (QED) is 0.709. The smallest absolute Gasteiger partial charge is 0.122 e. The summed E-state index contributed by atoms with van der Waals surface area (Å²) < 4.78 is 23.1. The van der Waals surface area contributed by atoms with Gasteiger partial charge < -0.3 is 9.47 Å². The van der Waals surface area contributed by atoms with Gasteiger partial charge in [-0.25, -0.2) is 0 Å². The average molecular weight is 226 g/mol. The van der Waals surface area contributed by atoms with Crippen molar-refractivity contribution in [1.82, 2.24) is 0 Å². The topological polar surface area (TPSA) is 18.5 Å². The van der Waals surface area contributed by atoms with E-state index in [0.717, 1.165) is 17.1 Å². The maximum absolute atomic E-state index is 12.2. The molecule has 90 valence electrons. The van der Waals surface area contributed by atoms with Crippen molar-refractivity contribution in [1.29, 1.82) is 0 Å². The Morgan fingerprint density at radius 3 is 2.50 bits per heavy atom. The molecule has 0 unspecified atom stereocenters. The molecule has 0 aliphatic rings. The zero-order valence-electron chi connectivity index (χ0n) is 9.96. The number of halogens is 1. The number of alkyl halides is 1. The molecule has 1 rings (SSSR count). The SMILES string of the molecule is CCOc1ccc(OCC)c(CCCF)c1. The Kier molecular flexibility index (Phi) is 5.68. The van der Waals surface area contributed by atoms with E-state index in [0.29, 0.717) is 26.1 Å². The van der Waals surface area contributed by atoms with Crippen LogP contribution in [0.25, 0.3) is 0 Å². The zero-order chi connectivity index (χ0) is 11.8. The maximum atomic E-state index is 12.2. The Bertz CT molecular complexity index is 313. The van der Waals surface area contributed by atoms with Crippen LogP contribution < -0.4 is 9.47 Å². The van der Waals surface area contributed by atoms with Crippen LogP contribution in [0.2, 0.25) is 0 Å². The Balaban J connectivity index is 2.82. The monoisotopic (exact) mass is 226 g/mol. The molecule has 0 amide bonds. The van der Waals surface area contributed by atoms with Crippen molar-refractivity contribution in [3.05, 3.63) is 23.8 Å². The second kappa shape index (κ2) is 7.09. The van der Waals surface area contributed by atoms with Crippen LogP contribution >= 0.6 is 0 Å². The van der Waals surface area contributed by atoms with Gasteiger partial charge in [-0.15, -0.1) is 0 Å². The van der Waals surface area contributed by atoms with E-state index in [1.807, 2.05) is 32.0 Å². The largest absolute Gasteiger partial charge is 0.494 e. The number of hydrogen-bond acceptors (Lipinski definition) is 2. The first kappa shape index (κ1) is 12.8. The van der Waals surface area contributed by atoms with Gasteiger partial charge in [-0.1, -0.05) is 0 Å². The molecule has 0 heterocycles. The fourth-order valence-electron chi connectivity index (χ4n) is 1.56. The van der Waals surface area contributed by atoms with E-state index < -0.39 is 0 Å². The molecule has 3 heteroatoms. The molecule has 0 saturated heterocycles. The fraction of sp³-hybridized carbons (Fsp3) is 0.538. The summed E-state index contributed by atoms with van der Waals surface area (Å²) >= 11 is 0. The standard InChI is InChI=1S/C13H19FO2/c1-3-15-12-7-8-13(16-4-2)11(10-12)6-5-9-14/h7-8,10H,3-6,9H2,1-2H3. The maximum Gasteiger partial charge on any atom is 0.122 e. The van der Waals surface area contributed by atoms with Gasteiger partial charge in [-0.05, 0) is 50.5 Å². The minimum Gasteiger partial charge on any atom is -0.494 e. The molecule has 0 saturated carbocycles. The predicted octanol–water partition coefficient (Wildman–Crippen LogP) is 3.39. The highest BCUT2D eigenvalue weighted by Gasteiger charge is 2.05. The summed E-state index contributed by atoms with van der Waals surface area (Å²) in [5, 5.41) is 0. The van der Waals surface area contributed by atoms with Crippen LogP contribution in [0.3, 0.4) is 0 Å². The number of ether oxygens (including phenoxy) is 2. The molecule has 0 spiro atoms. The minimum absolute atomic E-state index is 0.301. The number of aryl methyl sites for hydroxylation is 1. The lowest BCUT2D eigenvalue weighted by Gasteiger charge is -2.11. The van der Waals surface area contributed by atoms with E-state index in [-0.39, 0.29) is 6.67 Å². The normalized spacial score (nSPS) is 10.2. The number of rotatable bonds is 7. The molecular formula is C13H19FO2. The van der Waals surface area contributed by atoms with Crippen LogP contribution in [0, 0.1) is 0 Å². The molecule has 0 aromatic heterocycles. The summed E-state index contributed by atoms with van der Waals surface area (Å²) in [4.78, 5) is 0. The first-order valence-corrected chi connectivity index (χ1v) is 5.76. The highest BCUT2D eigenvalue weighted by molar-refractivity contribution is 5.40. The van der Waals surface area contributed by atoms with Crippen molar-refractivity contribution in [2.24, 2.45) is 0 Å². The molecule has 0 aliphatic heterocycles. The van der Waals surface area contributed by atoms with Gasteiger partial charge in [0.05, 0.1) is 19.9 Å². The Morgan fingerprint density at radius 2 is 1.88 bits per heavy atom. The van der Waals surface area contributed by atoms with E-state index in [4.69, 9.17) is 9.47 Å². The first-order chi connectivity index (χ1) is 7.81. The van der Waals surface area contributed by atoms with Gasteiger partial charge >= 0.3 is 0 Å². The predicted molar refractivity (Wildman–Crippen MR) is 63.1 cm³/mol. The molecule has 0 atom stereocenters. The lowest BCUT2D eigenvalue weighted by Crippen LogP contribution is -1.99. The molecule has 0 N–H and O–H groups in total. The lowest BCUT2D eigenvalue weighted by atomic mass is 10.1. The van der Waals surface area contributed by atoms with Crippen molar-refractivity contribution >= 4 is 0 Å². The van der Waals surface area contributed by atoms with Crippen LogP contribution in [-0.4, -0.2) is 19.9 Å². The summed E-state index contributed by atoms with van der Waals surface area (Å²) in [7, 11) is 0. The number of benzene rings is 1. The lowest BCUT2D eigenvalue weighted by molar-refractivity contribution is 0.326. The van der Waals surface area contributed by atoms with Crippen LogP contribution in [0.4, 0.5) is 4.39 Å². The van der Waals surface area contributed by atoms with Crippen LogP contribution in [0.5, 0.6) is 11.5 Å². The molecule has 2 nitrogen and oxygen atoms in total. The van der Waals surface area contributed by atoms with Gasteiger partial charge in [0.15, 0.2) is 0 Å². The van der Waals surface area contributed by atoms with Crippen molar-refractivity contribution < 1.29 is 13.9 Å². The van der Waals surface area contributed by atoms with Gasteiger partial charge in [0.2, 0.25) is 0 Å². The first-order valence-electron chi connectivity index (χ1n) is 5.76. The molecule has 0 radical (unpaired) electrons. The van der Waals surface area contributed by atoms with E-state index in [1.54, 1.807) is 0 Å². The van der Waals surface area contributed by atoms with E-state index in [9.17, 15) is 4.39 Å². The molecular weight excluding hydrogens is 207 g/mol. The summed E-state index contributed by atoms with van der Waals surface area (Å²) in [6.45, 7) is 4.84. The Morgan fingerprint density at radius 1 is 1.12 bits per heavy atom. The highest BCUT2D eigenvalue weighted by Crippen LogP contribution is 2.25. The number of hydrogen-bond donors (Lipinski definition) is 0. The van der Waals surface area contributed by atoms with Crippen molar-refractivity contribution in [2.45, 2.75) is 26.7 Å². The van der Waals surface area contributed by atoms with E-state index in [1.165, 1.54) is 0 Å². The van der Waals surface area contributed by atoms with Crippen LogP contribution in [0.15, 0.2) is 18.2 Å². The average Bonchev–Trinajstić information content (AvgIpc) is 2.30. The molecule has 1 aromatic carbocycles. The van der Waals surface area contributed by atoms with E-state index >= 15 is 0 Å². The van der Waals surface area contributed by atoms with Crippen LogP contribution in [0.1, 0.15) is 25.8 Å². The molecule has 0 fully saturated rings. The Hall–Kier alpha value is -1.25. The molecule has 0 bridgehead atoms. The van der Waals surface area contributed by atoms with Gasteiger partial charge in [-0.2, -0.15) is 0 Å². The van der Waals surface area contributed by atoms with Gasteiger partial charge in [0, 0.05) is 0 Å². The van der Waals surface area contributed by atoms with E-state index in [2.05, 4.69) is 0 Å². The highest BCUT2D eigenvalue weighted by atomic mass is 19.1. The summed E-state index contributed by atoms with van der Waals surface area (Å²) in [5.74, 6) is 1.65. The van der Waals surface area contributed by atoms with Crippen molar-refractivity contribution in [3.63, 3.8) is 0 Å². The molecule has 1 aromatic rings. The van der Waals surface area contributed by atoms with Crippen molar-refractivity contribution in [2.75, 3.05) is 19.9 Å². The third-order valence-corrected chi connectivity index (χ3v) is 2.22. The molecule has 0 aliphatic carbocycles. The summed E-state index contributed by atoms with van der Waals surface area (Å²) in [6.07, 6.45) is 1.21. The third kappa shape index (κ3) is 3.72. The minimum atomic E-state index is -0.301. The molecule has 16 heavy (non-hydrogen) atoms. The zero-order valence-corrected chi connectivity index (χ0v) is 9.96. The van der Waals surface area contributed by atoms with Crippen LogP contribution in [-0.2, 0) is 6.42 Å². The second-order valence-electron chi connectivity index (χ2n) is 3.43. The third-order valence-electron chi connectivity index (χ3n) is 2.22.